The van der Waals surface area contributed by atoms with Crippen molar-refractivity contribution in [1.82, 2.24) is 15.1 Å². The van der Waals surface area contributed by atoms with Gasteiger partial charge in [0.2, 0.25) is 0 Å². The van der Waals surface area contributed by atoms with Gasteiger partial charge in [0.25, 0.3) is 0 Å². The molecule has 0 radical (unpaired) electrons. The third-order valence-corrected chi connectivity index (χ3v) is 4.47. The molecule has 2 atom stereocenters. The first-order chi connectivity index (χ1) is 11.7. The highest BCUT2D eigenvalue weighted by atomic mass is 19.1. The van der Waals surface area contributed by atoms with Gasteiger partial charge in [-0.25, -0.2) is 4.39 Å². The van der Waals surface area contributed by atoms with Gasteiger partial charge in [0, 0.05) is 43.9 Å². The van der Waals surface area contributed by atoms with E-state index in [1.807, 2.05) is 16.9 Å². The number of aromatic nitrogens is 2. The molecule has 1 aromatic carbocycles. The highest BCUT2D eigenvalue weighted by Crippen LogP contribution is 2.33. The van der Waals surface area contributed by atoms with E-state index in [4.69, 9.17) is 9.47 Å². The van der Waals surface area contributed by atoms with Crippen molar-refractivity contribution in [3.8, 4) is 5.75 Å². The van der Waals surface area contributed by atoms with E-state index in [1.165, 1.54) is 13.2 Å². The molecule has 1 N–H and O–H groups in total. The highest BCUT2D eigenvalue weighted by molar-refractivity contribution is 5.29. The zero-order chi connectivity index (χ0) is 16.9. The van der Waals surface area contributed by atoms with Crippen molar-refractivity contribution in [2.45, 2.75) is 32.5 Å². The summed E-state index contributed by atoms with van der Waals surface area (Å²) in [5, 5.41) is 7.74. The van der Waals surface area contributed by atoms with Crippen LogP contribution in [0.15, 0.2) is 30.6 Å². The fourth-order valence-corrected chi connectivity index (χ4v) is 3.13. The molecule has 1 aromatic heterocycles. The fraction of sp³-hybridized carbons (Fsp3) is 0.500. The largest absolute Gasteiger partial charge is 0.494 e. The van der Waals surface area contributed by atoms with Crippen LogP contribution in [0.5, 0.6) is 5.75 Å². The van der Waals surface area contributed by atoms with Crippen LogP contribution in [0.3, 0.4) is 0 Å². The third kappa shape index (κ3) is 3.76. The lowest BCUT2D eigenvalue weighted by molar-refractivity contribution is 0.0904. The second-order valence-electron chi connectivity index (χ2n) is 6.07. The molecule has 1 aliphatic heterocycles. The zero-order valence-electron chi connectivity index (χ0n) is 14.2. The summed E-state index contributed by atoms with van der Waals surface area (Å²) in [5.74, 6) is 0.351. The van der Waals surface area contributed by atoms with Crippen LogP contribution < -0.4 is 10.1 Å². The minimum Gasteiger partial charge on any atom is -0.494 e. The Morgan fingerprint density at radius 2 is 2.33 bits per heavy atom. The van der Waals surface area contributed by atoms with E-state index in [9.17, 15) is 4.39 Å². The lowest BCUT2D eigenvalue weighted by atomic mass is 9.97. The van der Waals surface area contributed by atoms with Crippen molar-refractivity contribution in [3.05, 3.63) is 47.5 Å². The number of hydrogen-bond donors (Lipinski definition) is 1. The molecular formula is C18H24FN3O2. The number of hydrogen-bond acceptors (Lipinski definition) is 4. The number of nitrogens with zero attached hydrogens (tertiary/aromatic N) is 2. The van der Waals surface area contributed by atoms with E-state index >= 15 is 0 Å². The molecule has 2 aromatic rings. The Kier molecular flexibility index (Phi) is 5.48. The second-order valence-corrected chi connectivity index (χ2v) is 6.07. The van der Waals surface area contributed by atoms with Crippen molar-refractivity contribution in [3.63, 3.8) is 0 Å². The maximum absolute atomic E-state index is 13.7. The SMILES string of the molecule is CCn1cc([C@@H]2OCC[C@@H]2CNCc2ccc(OC)c(F)c2)cn1. The molecule has 1 aliphatic rings. The van der Waals surface area contributed by atoms with Gasteiger partial charge in [-0.2, -0.15) is 5.10 Å². The number of aryl methyl sites for hydroxylation is 1. The third-order valence-electron chi connectivity index (χ3n) is 4.47. The van der Waals surface area contributed by atoms with Crippen molar-refractivity contribution >= 4 is 0 Å². The Labute approximate surface area is 141 Å². The summed E-state index contributed by atoms with van der Waals surface area (Å²) in [4.78, 5) is 0. The maximum Gasteiger partial charge on any atom is 0.165 e. The molecule has 0 unspecified atom stereocenters. The van der Waals surface area contributed by atoms with Gasteiger partial charge in [-0.05, 0) is 31.0 Å². The number of benzene rings is 1. The highest BCUT2D eigenvalue weighted by Gasteiger charge is 2.30. The lowest BCUT2D eigenvalue weighted by Crippen LogP contribution is -2.24. The molecule has 6 heteroatoms. The van der Waals surface area contributed by atoms with Crippen molar-refractivity contribution in [2.75, 3.05) is 20.3 Å². The predicted molar refractivity (Wildman–Crippen MR) is 89.4 cm³/mol. The number of rotatable bonds is 7. The number of halogens is 1. The maximum atomic E-state index is 13.7. The average Bonchev–Trinajstić information content (AvgIpc) is 3.23. The van der Waals surface area contributed by atoms with Crippen LogP contribution in [0.4, 0.5) is 4.39 Å². The van der Waals surface area contributed by atoms with Crippen LogP contribution >= 0.6 is 0 Å². The van der Waals surface area contributed by atoms with Crippen LogP contribution in [0.2, 0.25) is 0 Å². The molecule has 130 valence electrons. The van der Waals surface area contributed by atoms with E-state index in [2.05, 4.69) is 23.5 Å². The molecule has 0 bridgehead atoms. The van der Waals surface area contributed by atoms with Gasteiger partial charge < -0.3 is 14.8 Å². The predicted octanol–water partition coefficient (Wildman–Crippen LogP) is 2.92. The average molecular weight is 333 g/mol. The van der Waals surface area contributed by atoms with Gasteiger partial charge in [0.1, 0.15) is 0 Å². The molecular weight excluding hydrogens is 309 g/mol. The minimum absolute atomic E-state index is 0.0883. The van der Waals surface area contributed by atoms with E-state index < -0.39 is 0 Å². The quantitative estimate of drug-likeness (QED) is 0.846. The van der Waals surface area contributed by atoms with Gasteiger partial charge in [-0.3, -0.25) is 4.68 Å². The molecule has 1 saturated heterocycles. The summed E-state index contributed by atoms with van der Waals surface area (Å²) in [7, 11) is 1.47. The van der Waals surface area contributed by atoms with Crippen LogP contribution in [0.25, 0.3) is 0 Å². The molecule has 0 spiro atoms. The van der Waals surface area contributed by atoms with Gasteiger partial charge >= 0.3 is 0 Å². The fourth-order valence-electron chi connectivity index (χ4n) is 3.13. The van der Waals surface area contributed by atoms with Crippen molar-refractivity contribution in [2.24, 2.45) is 5.92 Å². The van der Waals surface area contributed by atoms with Gasteiger partial charge in [0.05, 0.1) is 19.4 Å². The molecule has 1 fully saturated rings. The molecule has 3 rings (SSSR count). The van der Waals surface area contributed by atoms with E-state index in [-0.39, 0.29) is 17.7 Å². The number of ether oxygens (including phenoxy) is 2. The normalized spacial score (nSPS) is 20.5. The Morgan fingerprint density at radius 3 is 3.04 bits per heavy atom. The Bertz CT molecular complexity index is 674. The Balaban J connectivity index is 1.54. The van der Waals surface area contributed by atoms with Crippen molar-refractivity contribution in [1.29, 1.82) is 0 Å². The summed E-state index contributed by atoms with van der Waals surface area (Å²) in [6.45, 7) is 5.15. The number of nitrogens with one attached hydrogen (secondary N) is 1. The van der Waals surface area contributed by atoms with E-state index in [0.717, 1.165) is 37.2 Å². The van der Waals surface area contributed by atoms with Crippen LogP contribution in [-0.4, -0.2) is 30.0 Å². The molecule has 0 aliphatic carbocycles. The standard InChI is InChI=1S/C18H24FN3O2/c1-3-22-12-15(11-21-22)18-14(6-7-24-18)10-20-9-13-4-5-17(23-2)16(19)8-13/h4-5,8,11-12,14,18,20H,3,6-7,9-10H2,1-2H3/t14-,18-/m1/s1. The van der Waals surface area contributed by atoms with Gasteiger partial charge in [0.15, 0.2) is 11.6 Å². The summed E-state index contributed by atoms with van der Waals surface area (Å²) >= 11 is 0. The summed E-state index contributed by atoms with van der Waals surface area (Å²) in [6, 6.07) is 5.05. The monoisotopic (exact) mass is 333 g/mol. The second kappa shape index (κ2) is 7.77. The molecule has 5 nitrogen and oxygen atoms in total. The molecule has 2 heterocycles. The minimum atomic E-state index is -0.328. The zero-order valence-corrected chi connectivity index (χ0v) is 14.2. The van der Waals surface area contributed by atoms with E-state index in [0.29, 0.717) is 12.5 Å². The molecule has 0 saturated carbocycles. The Hall–Kier alpha value is -1.92. The lowest BCUT2D eigenvalue weighted by Gasteiger charge is -2.18. The van der Waals surface area contributed by atoms with Crippen LogP contribution in [0.1, 0.15) is 30.6 Å². The molecule has 24 heavy (non-hydrogen) atoms. The first kappa shape index (κ1) is 16.9. The summed E-state index contributed by atoms with van der Waals surface area (Å²) < 4.78 is 26.5. The summed E-state index contributed by atoms with van der Waals surface area (Å²) in [6.07, 6.45) is 5.06. The van der Waals surface area contributed by atoms with Gasteiger partial charge in [-0.15, -0.1) is 0 Å². The van der Waals surface area contributed by atoms with Crippen molar-refractivity contribution < 1.29 is 13.9 Å². The Morgan fingerprint density at radius 1 is 1.46 bits per heavy atom. The topological polar surface area (TPSA) is 48.3 Å². The molecule has 0 amide bonds. The van der Waals surface area contributed by atoms with E-state index in [1.54, 1.807) is 6.07 Å². The summed E-state index contributed by atoms with van der Waals surface area (Å²) in [5.41, 5.74) is 2.04. The smallest absolute Gasteiger partial charge is 0.165 e. The van der Waals surface area contributed by atoms with Gasteiger partial charge in [-0.1, -0.05) is 6.07 Å². The first-order valence-corrected chi connectivity index (χ1v) is 8.38. The number of methoxy groups -OCH3 is 1. The first-order valence-electron chi connectivity index (χ1n) is 8.38. The van der Waals surface area contributed by atoms with Crippen LogP contribution in [-0.2, 0) is 17.8 Å². The van der Waals surface area contributed by atoms with Crippen LogP contribution in [0, 0.1) is 11.7 Å².